The number of amides is 1. The molecule has 0 unspecified atom stereocenters. The number of carbonyl (C=O) groups excluding carboxylic acids is 1. The predicted molar refractivity (Wildman–Crippen MR) is 154 cm³/mol. The lowest BCUT2D eigenvalue weighted by Crippen LogP contribution is -2.29. The number of carbonyl (C=O) groups is 1. The third-order valence-corrected chi connectivity index (χ3v) is 6.05. The van der Waals surface area contributed by atoms with Crippen molar-refractivity contribution in [1.29, 1.82) is 0 Å². The molecule has 1 heterocycles. The molecule has 0 saturated carbocycles. The van der Waals surface area contributed by atoms with Crippen molar-refractivity contribution < 1.29 is 18.7 Å². The fourth-order valence-corrected chi connectivity index (χ4v) is 4.09. The van der Waals surface area contributed by atoms with Gasteiger partial charge in [-0.15, -0.1) is 0 Å². The average molecular weight is 595 g/mol. The lowest BCUT2D eigenvalue weighted by atomic mass is 9.95. The summed E-state index contributed by atoms with van der Waals surface area (Å²) in [6, 6.07) is 16.0. The van der Waals surface area contributed by atoms with E-state index in [-0.39, 0.29) is 12.2 Å². The van der Waals surface area contributed by atoms with E-state index in [0.717, 1.165) is 4.47 Å². The van der Waals surface area contributed by atoms with E-state index in [1.807, 2.05) is 33.8 Å². The largest absolute Gasteiger partial charge is 0.490 e. The number of hydrogen-bond donors (Lipinski definition) is 1. The second kappa shape index (κ2) is 11.8. The molecule has 39 heavy (non-hydrogen) atoms. The molecule has 0 radical (unpaired) electrons. The van der Waals surface area contributed by atoms with Crippen LogP contribution in [0.25, 0.3) is 10.9 Å². The molecule has 0 aliphatic carbocycles. The Bertz CT molecular complexity index is 1590. The minimum atomic E-state index is -0.444. The Morgan fingerprint density at radius 1 is 1.08 bits per heavy atom. The maximum Gasteiger partial charge on any atom is 0.282 e. The van der Waals surface area contributed by atoms with Crippen LogP contribution in [-0.2, 0) is 10.2 Å². The van der Waals surface area contributed by atoms with Crippen LogP contribution in [0, 0.1) is 5.82 Å². The summed E-state index contributed by atoms with van der Waals surface area (Å²) in [5.41, 5.74) is 0.993. The SMILES string of the molecule is CCOc1cc(C=Nn2c(C(C)(C)C)nc3ccc(Br)cc3c2=O)ccc1OCC(=O)Nc1ccc(F)cc1. The van der Waals surface area contributed by atoms with Gasteiger partial charge in [0.2, 0.25) is 0 Å². The van der Waals surface area contributed by atoms with E-state index in [4.69, 9.17) is 14.5 Å². The van der Waals surface area contributed by atoms with Crippen molar-refractivity contribution in [2.24, 2.45) is 5.10 Å². The molecule has 1 amide bonds. The van der Waals surface area contributed by atoms with Crippen LogP contribution in [-0.4, -0.2) is 35.0 Å². The summed E-state index contributed by atoms with van der Waals surface area (Å²) in [6.45, 7) is 7.84. The second-order valence-electron chi connectivity index (χ2n) is 9.69. The molecule has 0 bridgehead atoms. The Balaban J connectivity index is 1.58. The van der Waals surface area contributed by atoms with Gasteiger partial charge in [0.1, 0.15) is 11.6 Å². The van der Waals surface area contributed by atoms with Crippen LogP contribution in [0.5, 0.6) is 11.5 Å². The Hall–Kier alpha value is -4.05. The molecule has 4 aromatic rings. The van der Waals surface area contributed by atoms with Crippen LogP contribution in [0.3, 0.4) is 0 Å². The highest BCUT2D eigenvalue weighted by molar-refractivity contribution is 9.10. The van der Waals surface area contributed by atoms with E-state index in [1.54, 1.807) is 36.5 Å². The van der Waals surface area contributed by atoms with E-state index in [1.165, 1.54) is 28.9 Å². The van der Waals surface area contributed by atoms with Crippen molar-refractivity contribution in [3.8, 4) is 11.5 Å². The Kier molecular flexibility index (Phi) is 8.44. The monoisotopic (exact) mass is 594 g/mol. The third-order valence-electron chi connectivity index (χ3n) is 5.56. The highest BCUT2D eigenvalue weighted by atomic mass is 79.9. The van der Waals surface area contributed by atoms with Crippen LogP contribution < -0.4 is 20.3 Å². The smallest absolute Gasteiger partial charge is 0.282 e. The van der Waals surface area contributed by atoms with Crippen LogP contribution in [0.15, 0.2) is 75.0 Å². The number of nitrogens with zero attached hydrogens (tertiary/aromatic N) is 3. The number of hydrogen-bond acceptors (Lipinski definition) is 6. The van der Waals surface area contributed by atoms with E-state index in [2.05, 4.69) is 26.3 Å². The zero-order chi connectivity index (χ0) is 28.2. The van der Waals surface area contributed by atoms with Gasteiger partial charge in [-0.05, 0) is 73.2 Å². The molecule has 0 atom stereocenters. The number of aromatic nitrogens is 2. The summed E-state index contributed by atoms with van der Waals surface area (Å²) < 4.78 is 26.6. The van der Waals surface area contributed by atoms with Gasteiger partial charge in [0.05, 0.1) is 23.7 Å². The summed E-state index contributed by atoms with van der Waals surface area (Å²) in [7, 11) is 0. The quantitative estimate of drug-likeness (QED) is 0.256. The Morgan fingerprint density at radius 2 is 1.82 bits per heavy atom. The molecule has 10 heteroatoms. The van der Waals surface area contributed by atoms with Crippen molar-refractivity contribution in [2.45, 2.75) is 33.1 Å². The molecular formula is C29H28BrFN4O4. The Labute approximate surface area is 233 Å². The topological polar surface area (TPSA) is 94.8 Å². The Morgan fingerprint density at radius 3 is 2.51 bits per heavy atom. The van der Waals surface area contributed by atoms with Crippen LogP contribution in [0.2, 0.25) is 0 Å². The standard InChI is InChI=1S/C29H28BrFN4O4/c1-5-38-25-14-18(6-13-24(25)39-17-26(36)33-21-10-8-20(31)9-11-21)16-32-35-27(37)22-15-19(30)7-12-23(22)34-28(35)29(2,3)4/h6-16H,5,17H2,1-4H3,(H,33,36). The van der Waals surface area contributed by atoms with Crippen molar-refractivity contribution >= 4 is 44.6 Å². The van der Waals surface area contributed by atoms with E-state index in [0.29, 0.717) is 46.1 Å². The molecule has 0 fully saturated rings. The van der Waals surface area contributed by atoms with E-state index < -0.39 is 17.1 Å². The van der Waals surface area contributed by atoms with Gasteiger partial charge >= 0.3 is 0 Å². The lowest BCUT2D eigenvalue weighted by Gasteiger charge is -2.21. The van der Waals surface area contributed by atoms with Gasteiger partial charge in [0, 0.05) is 15.6 Å². The van der Waals surface area contributed by atoms with Crippen molar-refractivity contribution in [3.05, 3.63) is 92.7 Å². The van der Waals surface area contributed by atoms with Crippen molar-refractivity contribution in [2.75, 3.05) is 18.5 Å². The lowest BCUT2D eigenvalue weighted by molar-refractivity contribution is -0.118. The summed E-state index contributed by atoms with van der Waals surface area (Å²) in [6.07, 6.45) is 1.55. The number of fused-ring (bicyclic) bond motifs is 1. The van der Waals surface area contributed by atoms with E-state index >= 15 is 0 Å². The average Bonchev–Trinajstić information content (AvgIpc) is 2.89. The minimum absolute atomic E-state index is 0.270. The van der Waals surface area contributed by atoms with E-state index in [9.17, 15) is 14.0 Å². The van der Waals surface area contributed by atoms with Gasteiger partial charge < -0.3 is 14.8 Å². The van der Waals surface area contributed by atoms with Crippen LogP contribution in [0.1, 0.15) is 39.1 Å². The van der Waals surface area contributed by atoms with Gasteiger partial charge in [-0.2, -0.15) is 9.78 Å². The first kappa shape index (κ1) is 28.0. The zero-order valence-electron chi connectivity index (χ0n) is 22.0. The second-order valence-corrected chi connectivity index (χ2v) is 10.6. The first-order valence-corrected chi connectivity index (χ1v) is 13.1. The zero-order valence-corrected chi connectivity index (χ0v) is 23.6. The summed E-state index contributed by atoms with van der Waals surface area (Å²) in [5.74, 6) is 0.515. The van der Waals surface area contributed by atoms with Gasteiger partial charge in [0.15, 0.2) is 18.1 Å². The van der Waals surface area contributed by atoms with Crippen LogP contribution >= 0.6 is 15.9 Å². The molecule has 0 spiro atoms. The minimum Gasteiger partial charge on any atom is -0.490 e. The molecule has 3 aromatic carbocycles. The highest BCUT2D eigenvalue weighted by Gasteiger charge is 2.23. The van der Waals surface area contributed by atoms with Gasteiger partial charge in [-0.1, -0.05) is 36.7 Å². The maximum absolute atomic E-state index is 13.4. The number of anilines is 1. The predicted octanol–water partition coefficient (Wildman–Crippen LogP) is 5.89. The van der Waals surface area contributed by atoms with Gasteiger partial charge in [-0.3, -0.25) is 9.59 Å². The first-order chi connectivity index (χ1) is 18.5. The first-order valence-electron chi connectivity index (χ1n) is 12.3. The normalized spacial score (nSPS) is 11.6. The molecule has 0 saturated heterocycles. The molecule has 8 nitrogen and oxygen atoms in total. The number of halogens is 2. The summed E-state index contributed by atoms with van der Waals surface area (Å²) in [5, 5.41) is 7.59. The summed E-state index contributed by atoms with van der Waals surface area (Å²) >= 11 is 3.42. The van der Waals surface area contributed by atoms with Crippen molar-refractivity contribution in [3.63, 3.8) is 0 Å². The molecular weight excluding hydrogens is 567 g/mol. The molecule has 0 aliphatic heterocycles. The number of rotatable bonds is 8. The molecule has 202 valence electrons. The third kappa shape index (κ3) is 6.88. The van der Waals surface area contributed by atoms with Crippen LogP contribution in [0.4, 0.5) is 10.1 Å². The fourth-order valence-electron chi connectivity index (χ4n) is 3.73. The number of benzene rings is 3. The maximum atomic E-state index is 13.4. The molecule has 1 N–H and O–H groups in total. The fraction of sp³-hybridized carbons (Fsp3) is 0.241. The highest BCUT2D eigenvalue weighted by Crippen LogP contribution is 2.28. The number of ether oxygens (including phenoxy) is 2. The van der Waals surface area contributed by atoms with Crippen molar-refractivity contribution in [1.82, 2.24) is 9.66 Å². The number of nitrogens with one attached hydrogen (secondary N) is 1. The molecule has 1 aromatic heterocycles. The van der Waals surface area contributed by atoms with Gasteiger partial charge in [0.25, 0.3) is 11.5 Å². The molecule has 4 rings (SSSR count). The molecule has 0 aliphatic rings. The summed E-state index contributed by atoms with van der Waals surface area (Å²) in [4.78, 5) is 30.4. The van der Waals surface area contributed by atoms with Gasteiger partial charge in [-0.25, -0.2) is 9.37 Å².